The Hall–Kier alpha value is -4.88. The Bertz CT molecular complexity index is 2340. The van der Waals surface area contributed by atoms with Crippen molar-refractivity contribution >= 4 is 58.2 Å². The number of hydrogen-bond donors (Lipinski definition) is 2. The third-order valence-corrected chi connectivity index (χ3v) is 13.8. The highest BCUT2D eigenvalue weighted by Crippen LogP contribution is 2.41. The number of benzene rings is 1. The highest BCUT2D eigenvalue weighted by Gasteiger charge is 2.43. The maximum Gasteiger partial charge on any atom is 0.320 e. The lowest BCUT2D eigenvalue weighted by Gasteiger charge is -2.45. The van der Waals surface area contributed by atoms with Crippen molar-refractivity contribution in [3.8, 4) is 11.3 Å². The standard InChI is InChI=1S/C48H67F2N9O6S/c1-12-33(41(51-13-2)30(5)64-11)43-35-21-47(6,7)27-65-28-48(26-60)17-14-18-59(54-48)45(62)36(53-44(61)42(29(3)4)56(10)46(63)57-22-32(23-57)55(8)9)20-40-52-37(25-66-40)31-15-16-38(34(35)19-31)58(43)24-39(49)50/h12-13,15-16,19,25-26,29-30,32,36,39,42,54H,1,14,17-18,20-24,27-28H2,2-11H3,(H,53,61)/b41-33+,51-13-/t30-,36-,42-,48-/m0/s1. The molecule has 2 fully saturated rings. The molecule has 2 N–H and O–H groups in total. The molecule has 5 heterocycles. The number of rotatable bonds is 13. The molecule has 4 amide bonds. The van der Waals surface area contributed by atoms with Crippen molar-refractivity contribution in [3.63, 3.8) is 0 Å². The molecule has 2 saturated heterocycles. The number of likely N-dealkylation sites (N-methyl/N-ethyl adjacent to an activating group) is 2. The smallest absolute Gasteiger partial charge is 0.320 e. The molecule has 6 rings (SSSR count). The summed E-state index contributed by atoms with van der Waals surface area (Å²) in [7, 11) is 7.11. The minimum Gasteiger partial charge on any atom is -0.378 e. The zero-order valence-electron chi connectivity index (χ0n) is 40.0. The number of nitrogens with zero attached hydrogens (tertiary/aromatic N) is 7. The SMILES string of the molecule is C=C/C(=C(\N=C/C)[C@H](C)OC)c1c2c3cc(ccc3n1CC(F)F)-c1csc(n1)C[C@H](NC(=O)[C@H](C(C)C)N(C)C(=O)N1CC(N(C)C)C1)C(=O)N1CCC[C@](C=O)(COCC(C)(C)C2)N1. The van der Waals surface area contributed by atoms with Crippen molar-refractivity contribution in [2.45, 2.75) is 110 Å². The maximum absolute atomic E-state index is 14.7. The molecule has 15 nitrogen and oxygen atoms in total. The molecule has 4 atom stereocenters. The van der Waals surface area contributed by atoms with Crippen LogP contribution in [0.5, 0.6) is 0 Å². The lowest BCUT2D eigenvalue weighted by atomic mass is 9.84. The Morgan fingerprint density at radius 1 is 1.18 bits per heavy atom. The molecule has 6 bridgehead atoms. The van der Waals surface area contributed by atoms with Crippen LogP contribution in [0, 0.1) is 11.3 Å². The molecule has 66 heavy (non-hydrogen) atoms. The molecule has 0 unspecified atom stereocenters. The van der Waals surface area contributed by atoms with E-state index in [9.17, 15) is 28.0 Å². The van der Waals surface area contributed by atoms with E-state index in [1.165, 1.54) is 21.2 Å². The van der Waals surface area contributed by atoms with E-state index in [2.05, 4.69) is 27.2 Å². The lowest BCUT2D eigenvalue weighted by Crippen LogP contribution is -2.67. The van der Waals surface area contributed by atoms with Crippen molar-refractivity contribution in [1.82, 2.24) is 40.0 Å². The van der Waals surface area contributed by atoms with Crippen LogP contribution < -0.4 is 10.7 Å². The van der Waals surface area contributed by atoms with Crippen molar-refractivity contribution in [3.05, 3.63) is 58.2 Å². The zero-order chi connectivity index (χ0) is 48.2. The Labute approximate surface area is 391 Å². The molecule has 1 aromatic carbocycles. The average molecular weight is 936 g/mol. The third kappa shape index (κ3) is 10.8. The number of allylic oxidation sites excluding steroid dienone is 2. The largest absolute Gasteiger partial charge is 0.378 e. The summed E-state index contributed by atoms with van der Waals surface area (Å²) >= 11 is 1.33. The van der Waals surface area contributed by atoms with Gasteiger partial charge in [-0.15, -0.1) is 11.3 Å². The van der Waals surface area contributed by atoms with Gasteiger partial charge in [0, 0.05) is 79.9 Å². The number of aldehydes is 1. The van der Waals surface area contributed by atoms with Crippen LogP contribution in [0.25, 0.3) is 27.7 Å². The third-order valence-electron chi connectivity index (χ3n) is 12.9. The number of likely N-dealkylation sites (tertiary alicyclic amines) is 1. The van der Waals surface area contributed by atoms with Crippen LogP contribution in [0.3, 0.4) is 0 Å². The molecule has 18 heteroatoms. The van der Waals surface area contributed by atoms with Gasteiger partial charge in [-0.1, -0.05) is 46.4 Å². The number of nitrogens with one attached hydrogen (secondary N) is 2. The van der Waals surface area contributed by atoms with Gasteiger partial charge in [-0.05, 0) is 76.2 Å². The molecule has 0 aliphatic carbocycles. The molecular formula is C48H67F2N9O6S. The lowest BCUT2D eigenvalue weighted by molar-refractivity contribution is -0.147. The molecule has 2 aromatic heterocycles. The van der Waals surface area contributed by atoms with Gasteiger partial charge in [-0.3, -0.25) is 19.6 Å². The summed E-state index contributed by atoms with van der Waals surface area (Å²) in [6.45, 7) is 16.4. The van der Waals surface area contributed by atoms with Gasteiger partial charge in [0.15, 0.2) is 0 Å². The number of halogens is 2. The first-order valence-corrected chi connectivity index (χ1v) is 23.5. The first kappa shape index (κ1) is 50.5. The minimum atomic E-state index is -2.69. The Morgan fingerprint density at radius 3 is 2.53 bits per heavy atom. The summed E-state index contributed by atoms with van der Waals surface area (Å²) in [5, 5.41) is 7.56. The monoisotopic (exact) mass is 935 g/mol. The van der Waals surface area contributed by atoms with Gasteiger partial charge in [0.2, 0.25) is 5.91 Å². The number of fused-ring (bicyclic) bond motifs is 6. The predicted molar refractivity (Wildman–Crippen MR) is 254 cm³/mol. The second-order valence-electron chi connectivity index (χ2n) is 19.1. The fourth-order valence-corrected chi connectivity index (χ4v) is 10.1. The maximum atomic E-state index is 14.7. The number of aliphatic imine (C=N–C) groups is 1. The highest BCUT2D eigenvalue weighted by molar-refractivity contribution is 7.10. The van der Waals surface area contributed by atoms with Crippen LogP contribution in [0.4, 0.5) is 13.6 Å². The Morgan fingerprint density at radius 2 is 1.91 bits per heavy atom. The van der Waals surface area contributed by atoms with E-state index in [1.807, 2.05) is 72.3 Å². The van der Waals surface area contributed by atoms with Gasteiger partial charge in [0.25, 0.3) is 12.3 Å². The normalized spacial score (nSPS) is 22.0. The van der Waals surface area contributed by atoms with E-state index in [4.69, 9.17) is 14.5 Å². The summed E-state index contributed by atoms with van der Waals surface area (Å²) in [6, 6.07) is 3.57. The van der Waals surface area contributed by atoms with Gasteiger partial charge < -0.3 is 38.9 Å². The van der Waals surface area contributed by atoms with E-state index < -0.39 is 53.9 Å². The quantitative estimate of drug-likeness (QED) is 0.118. The molecule has 3 aromatic rings. The highest BCUT2D eigenvalue weighted by atomic mass is 32.1. The summed E-state index contributed by atoms with van der Waals surface area (Å²) in [5.74, 6) is -1.25. The van der Waals surface area contributed by atoms with Crippen LogP contribution in [0.15, 0.2) is 46.9 Å². The van der Waals surface area contributed by atoms with E-state index in [-0.39, 0.29) is 44.2 Å². The summed E-state index contributed by atoms with van der Waals surface area (Å²) < 4.78 is 43.1. The van der Waals surface area contributed by atoms with E-state index >= 15 is 0 Å². The van der Waals surface area contributed by atoms with Gasteiger partial charge in [-0.2, -0.15) is 0 Å². The van der Waals surface area contributed by atoms with Gasteiger partial charge in [-0.25, -0.2) is 24.0 Å². The zero-order valence-corrected chi connectivity index (χ0v) is 40.8. The topological polar surface area (TPSA) is 154 Å². The van der Waals surface area contributed by atoms with Crippen LogP contribution in [-0.4, -0.2) is 157 Å². The number of urea groups is 1. The number of aromatic nitrogens is 2. The summed E-state index contributed by atoms with van der Waals surface area (Å²) in [5.41, 5.74) is 5.65. The second kappa shape index (κ2) is 21.0. The van der Waals surface area contributed by atoms with E-state index in [0.717, 1.165) is 22.8 Å². The molecule has 3 aliphatic heterocycles. The average Bonchev–Trinajstić information content (AvgIpc) is 3.83. The fourth-order valence-electron chi connectivity index (χ4n) is 9.29. The number of amides is 4. The van der Waals surface area contributed by atoms with E-state index in [1.54, 1.807) is 42.8 Å². The van der Waals surface area contributed by atoms with Crippen molar-refractivity contribution < 1.29 is 37.4 Å². The van der Waals surface area contributed by atoms with E-state index in [0.29, 0.717) is 65.5 Å². The number of carbonyl (C=O) groups is 4. The van der Waals surface area contributed by atoms with Crippen LogP contribution >= 0.6 is 11.3 Å². The van der Waals surface area contributed by atoms with Gasteiger partial charge in [0.05, 0.1) is 48.0 Å². The van der Waals surface area contributed by atoms with Gasteiger partial charge in [0.1, 0.15) is 23.9 Å². The Balaban J connectivity index is 1.47. The summed E-state index contributed by atoms with van der Waals surface area (Å²) in [4.78, 5) is 70.7. The second-order valence-corrected chi connectivity index (χ2v) is 20.1. The van der Waals surface area contributed by atoms with Crippen LogP contribution in [0.2, 0.25) is 0 Å². The number of ether oxygens (including phenoxy) is 2. The number of methoxy groups -OCH3 is 1. The summed E-state index contributed by atoms with van der Waals surface area (Å²) in [6.07, 6.45) is 2.14. The number of thiazole rings is 1. The number of hydrogen-bond acceptors (Lipinski definition) is 11. The number of alkyl halides is 2. The van der Waals surface area contributed by atoms with Crippen molar-refractivity contribution in [2.75, 3.05) is 61.1 Å². The van der Waals surface area contributed by atoms with Crippen LogP contribution in [0.1, 0.15) is 70.6 Å². The number of carbonyl (C=O) groups excluding carboxylic acids is 4. The molecular weight excluding hydrogens is 869 g/mol. The fraction of sp³-hybridized carbons (Fsp3) is 0.583. The molecule has 0 spiro atoms. The Kier molecular flexibility index (Phi) is 16.0. The molecule has 0 radical (unpaired) electrons. The predicted octanol–water partition coefficient (Wildman–Crippen LogP) is 6.07. The minimum absolute atomic E-state index is 0.0135. The van der Waals surface area contributed by atoms with Gasteiger partial charge >= 0.3 is 6.03 Å². The first-order chi connectivity index (χ1) is 31.3. The van der Waals surface area contributed by atoms with Crippen molar-refractivity contribution in [2.24, 2.45) is 16.3 Å². The number of hydrazine groups is 1. The molecule has 3 aliphatic rings. The molecule has 0 saturated carbocycles. The first-order valence-electron chi connectivity index (χ1n) is 22.7. The van der Waals surface area contributed by atoms with Crippen molar-refractivity contribution in [1.29, 1.82) is 0 Å². The molecule has 360 valence electrons. The van der Waals surface area contributed by atoms with Crippen LogP contribution in [-0.2, 0) is 43.2 Å².